The summed E-state index contributed by atoms with van der Waals surface area (Å²) in [6.45, 7) is 3.88. The van der Waals surface area contributed by atoms with Gasteiger partial charge in [-0.25, -0.2) is 4.98 Å². The number of rotatable bonds is 0. The second-order valence-electron chi connectivity index (χ2n) is 3.13. The van der Waals surface area contributed by atoms with Crippen LogP contribution in [0, 0.1) is 13.8 Å². The third kappa shape index (κ3) is 1.22. The molecule has 0 unspecified atom stereocenters. The summed E-state index contributed by atoms with van der Waals surface area (Å²) in [6.07, 6.45) is 1.64. The van der Waals surface area contributed by atoms with Crippen molar-refractivity contribution in [2.75, 3.05) is 0 Å². The number of aromatic nitrogens is 2. The molecule has 0 saturated carbocycles. The highest BCUT2D eigenvalue weighted by Crippen LogP contribution is 2.09. The van der Waals surface area contributed by atoms with E-state index in [9.17, 15) is 4.79 Å². The molecule has 0 atom stereocenters. The Labute approximate surface area is 75.4 Å². The molecule has 0 fully saturated rings. The standard InChI is InChI=1S/C10H10N2O/c1-6-5-8-10(12-7(6)2)9(13)3-4-11-8/h3-5H,1-2H3,(H,11,13). The first kappa shape index (κ1) is 7.98. The van der Waals surface area contributed by atoms with Crippen molar-refractivity contribution in [3.63, 3.8) is 0 Å². The number of pyridine rings is 2. The smallest absolute Gasteiger partial charge is 0.207 e. The van der Waals surface area contributed by atoms with Gasteiger partial charge in [0, 0.05) is 18.0 Å². The molecule has 2 aromatic heterocycles. The Hall–Kier alpha value is -1.64. The van der Waals surface area contributed by atoms with E-state index in [1.165, 1.54) is 6.07 Å². The van der Waals surface area contributed by atoms with Crippen molar-refractivity contribution in [3.05, 3.63) is 39.8 Å². The largest absolute Gasteiger partial charge is 0.360 e. The number of hydrogen-bond acceptors (Lipinski definition) is 2. The minimum absolute atomic E-state index is 0.0307. The lowest BCUT2D eigenvalue weighted by molar-refractivity contribution is 1.17. The molecule has 13 heavy (non-hydrogen) atoms. The average molecular weight is 174 g/mol. The molecule has 0 aliphatic heterocycles. The Morgan fingerprint density at radius 3 is 2.92 bits per heavy atom. The highest BCUT2D eigenvalue weighted by molar-refractivity contribution is 5.74. The lowest BCUT2D eigenvalue weighted by Crippen LogP contribution is -2.04. The van der Waals surface area contributed by atoms with E-state index in [1.807, 2.05) is 19.9 Å². The van der Waals surface area contributed by atoms with Gasteiger partial charge in [-0.3, -0.25) is 4.79 Å². The summed E-state index contributed by atoms with van der Waals surface area (Å²) in [5.74, 6) is 0. The summed E-state index contributed by atoms with van der Waals surface area (Å²) in [4.78, 5) is 18.6. The normalized spacial score (nSPS) is 10.6. The fourth-order valence-corrected chi connectivity index (χ4v) is 1.29. The average Bonchev–Trinajstić information content (AvgIpc) is 2.09. The van der Waals surface area contributed by atoms with Gasteiger partial charge in [-0.05, 0) is 25.5 Å². The van der Waals surface area contributed by atoms with Crippen LogP contribution in [-0.4, -0.2) is 9.97 Å². The van der Waals surface area contributed by atoms with Gasteiger partial charge in [0.15, 0.2) is 0 Å². The Kier molecular flexibility index (Phi) is 1.65. The van der Waals surface area contributed by atoms with Crippen LogP contribution in [0.25, 0.3) is 11.0 Å². The molecule has 0 bridgehead atoms. The van der Waals surface area contributed by atoms with Gasteiger partial charge in [0.25, 0.3) is 0 Å². The molecule has 2 rings (SSSR count). The van der Waals surface area contributed by atoms with E-state index in [-0.39, 0.29) is 5.43 Å². The number of H-pyrrole nitrogens is 1. The Morgan fingerprint density at radius 2 is 2.15 bits per heavy atom. The van der Waals surface area contributed by atoms with E-state index in [1.54, 1.807) is 6.20 Å². The van der Waals surface area contributed by atoms with E-state index < -0.39 is 0 Å². The molecule has 1 N–H and O–H groups in total. The molecule has 66 valence electrons. The number of fused-ring (bicyclic) bond motifs is 1. The molecule has 3 nitrogen and oxygen atoms in total. The van der Waals surface area contributed by atoms with Crippen LogP contribution in [0.3, 0.4) is 0 Å². The van der Waals surface area contributed by atoms with Crippen molar-refractivity contribution in [1.29, 1.82) is 0 Å². The van der Waals surface area contributed by atoms with Gasteiger partial charge in [-0.1, -0.05) is 0 Å². The summed E-state index contributed by atoms with van der Waals surface area (Å²) < 4.78 is 0. The van der Waals surface area contributed by atoms with Gasteiger partial charge in [0.1, 0.15) is 5.52 Å². The zero-order chi connectivity index (χ0) is 9.42. The molecule has 3 heteroatoms. The number of nitrogens with one attached hydrogen (secondary N) is 1. The van der Waals surface area contributed by atoms with E-state index in [2.05, 4.69) is 9.97 Å². The van der Waals surface area contributed by atoms with Crippen molar-refractivity contribution in [2.24, 2.45) is 0 Å². The molecule has 0 aromatic carbocycles. The molecule has 2 heterocycles. The topological polar surface area (TPSA) is 45.8 Å². The van der Waals surface area contributed by atoms with Crippen LogP contribution in [0.5, 0.6) is 0 Å². The molecule has 0 amide bonds. The third-order valence-electron chi connectivity index (χ3n) is 2.17. The summed E-state index contributed by atoms with van der Waals surface area (Å²) in [6, 6.07) is 3.43. The van der Waals surface area contributed by atoms with Crippen LogP contribution < -0.4 is 5.43 Å². The molecule has 2 aromatic rings. The van der Waals surface area contributed by atoms with Gasteiger partial charge in [0.2, 0.25) is 5.43 Å². The number of aromatic amines is 1. The number of nitrogens with zero attached hydrogens (tertiary/aromatic N) is 1. The van der Waals surface area contributed by atoms with Crippen LogP contribution in [0.2, 0.25) is 0 Å². The third-order valence-corrected chi connectivity index (χ3v) is 2.17. The van der Waals surface area contributed by atoms with Crippen molar-refractivity contribution >= 4 is 11.0 Å². The van der Waals surface area contributed by atoms with Crippen LogP contribution in [0.15, 0.2) is 23.1 Å². The summed E-state index contributed by atoms with van der Waals surface area (Å²) in [7, 11) is 0. The second kappa shape index (κ2) is 2.69. The van der Waals surface area contributed by atoms with Crippen molar-refractivity contribution in [2.45, 2.75) is 13.8 Å². The molecular formula is C10H10N2O. The van der Waals surface area contributed by atoms with Crippen molar-refractivity contribution < 1.29 is 0 Å². The fourth-order valence-electron chi connectivity index (χ4n) is 1.29. The molecule has 0 saturated heterocycles. The van der Waals surface area contributed by atoms with Crippen LogP contribution >= 0.6 is 0 Å². The van der Waals surface area contributed by atoms with E-state index in [0.29, 0.717) is 5.52 Å². The molecule has 0 radical (unpaired) electrons. The first-order chi connectivity index (χ1) is 6.18. The highest BCUT2D eigenvalue weighted by atomic mass is 16.1. The van der Waals surface area contributed by atoms with Crippen LogP contribution in [0.1, 0.15) is 11.3 Å². The second-order valence-corrected chi connectivity index (χ2v) is 3.13. The monoisotopic (exact) mass is 174 g/mol. The van der Waals surface area contributed by atoms with E-state index in [0.717, 1.165) is 16.8 Å². The molecule has 0 aliphatic carbocycles. The first-order valence-corrected chi connectivity index (χ1v) is 4.14. The van der Waals surface area contributed by atoms with Gasteiger partial charge in [-0.2, -0.15) is 0 Å². The zero-order valence-electron chi connectivity index (χ0n) is 7.59. The quantitative estimate of drug-likeness (QED) is 0.658. The predicted molar refractivity (Wildman–Crippen MR) is 51.8 cm³/mol. The molecule has 0 spiro atoms. The Bertz CT molecular complexity index is 514. The van der Waals surface area contributed by atoms with Crippen LogP contribution in [0.4, 0.5) is 0 Å². The van der Waals surface area contributed by atoms with Gasteiger partial charge >= 0.3 is 0 Å². The first-order valence-electron chi connectivity index (χ1n) is 4.14. The van der Waals surface area contributed by atoms with Crippen LogP contribution in [-0.2, 0) is 0 Å². The van der Waals surface area contributed by atoms with Gasteiger partial charge in [0.05, 0.1) is 5.52 Å². The summed E-state index contributed by atoms with van der Waals surface area (Å²) in [5.41, 5.74) is 3.29. The summed E-state index contributed by atoms with van der Waals surface area (Å²) >= 11 is 0. The minimum Gasteiger partial charge on any atom is -0.360 e. The number of aryl methyl sites for hydroxylation is 2. The highest BCUT2D eigenvalue weighted by Gasteiger charge is 2.01. The number of hydrogen-bond donors (Lipinski definition) is 1. The Morgan fingerprint density at radius 1 is 1.38 bits per heavy atom. The SMILES string of the molecule is Cc1cc2[nH]ccc(=O)c2nc1C. The fraction of sp³-hybridized carbons (Fsp3) is 0.200. The van der Waals surface area contributed by atoms with Gasteiger partial charge in [-0.15, -0.1) is 0 Å². The zero-order valence-corrected chi connectivity index (χ0v) is 7.59. The predicted octanol–water partition coefficient (Wildman–Crippen LogP) is 1.54. The van der Waals surface area contributed by atoms with Crippen molar-refractivity contribution in [3.8, 4) is 0 Å². The molecule has 0 aliphatic rings. The summed E-state index contributed by atoms with van der Waals surface area (Å²) in [5, 5.41) is 0. The van der Waals surface area contributed by atoms with Gasteiger partial charge < -0.3 is 4.98 Å². The lowest BCUT2D eigenvalue weighted by Gasteiger charge is -2.01. The van der Waals surface area contributed by atoms with Crippen molar-refractivity contribution in [1.82, 2.24) is 9.97 Å². The maximum Gasteiger partial charge on any atom is 0.207 e. The Balaban J connectivity index is 2.97. The lowest BCUT2D eigenvalue weighted by atomic mass is 10.2. The maximum atomic E-state index is 11.4. The minimum atomic E-state index is -0.0307. The van der Waals surface area contributed by atoms with E-state index in [4.69, 9.17) is 0 Å². The maximum absolute atomic E-state index is 11.4. The molecular weight excluding hydrogens is 164 g/mol. The van der Waals surface area contributed by atoms with E-state index >= 15 is 0 Å².